The van der Waals surface area contributed by atoms with Crippen molar-refractivity contribution in [2.24, 2.45) is 5.92 Å². The van der Waals surface area contributed by atoms with Gasteiger partial charge in [0.2, 0.25) is 5.91 Å². The summed E-state index contributed by atoms with van der Waals surface area (Å²) in [5.41, 5.74) is -0.597. The normalized spacial score (nSPS) is 27.5. The molecule has 1 saturated carbocycles. The van der Waals surface area contributed by atoms with Crippen LogP contribution >= 0.6 is 0 Å². The molecule has 1 heterocycles. The minimum absolute atomic E-state index is 0.0539. The van der Waals surface area contributed by atoms with Crippen molar-refractivity contribution in [1.82, 2.24) is 5.32 Å². The zero-order chi connectivity index (χ0) is 14.1. The molecule has 2 fully saturated rings. The van der Waals surface area contributed by atoms with Gasteiger partial charge in [-0.1, -0.05) is 0 Å². The lowest BCUT2D eigenvalue weighted by Crippen LogP contribution is -2.54. The van der Waals surface area contributed by atoms with Crippen LogP contribution in [0.4, 0.5) is 0 Å². The Hall–Kier alpha value is -1.11. The Morgan fingerprint density at radius 2 is 2.00 bits per heavy atom. The van der Waals surface area contributed by atoms with Gasteiger partial charge in [0.1, 0.15) is 0 Å². The molecule has 7 heteroatoms. The average molecular weight is 289 g/mol. The van der Waals surface area contributed by atoms with Crippen molar-refractivity contribution in [2.75, 3.05) is 11.5 Å². The van der Waals surface area contributed by atoms with E-state index in [1.165, 1.54) is 0 Å². The molecule has 6 nitrogen and oxygen atoms in total. The van der Waals surface area contributed by atoms with Crippen LogP contribution in [0.5, 0.6) is 0 Å². The van der Waals surface area contributed by atoms with Crippen molar-refractivity contribution in [3.05, 3.63) is 0 Å². The highest BCUT2D eigenvalue weighted by molar-refractivity contribution is 7.91. The Kier molecular flexibility index (Phi) is 3.85. The number of rotatable bonds is 5. The fraction of sp³-hybridized carbons (Fsp3) is 0.833. The number of carbonyl (C=O) groups excluding carboxylic acids is 1. The van der Waals surface area contributed by atoms with Crippen molar-refractivity contribution in [1.29, 1.82) is 0 Å². The monoisotopic (exact) mass is 289 g/mol. The van der Waals surface area contributed by atoms with Gasteiger partial charge in [-0.15, -0.1) is 0 Å². The number of carboxylic acid groups (broad SMARTS) is 1. The zero-order valence-electron chi connectivity index (χ0n) is 10.7. The van der Waals surface area contributed by atoms with Gasteiger partial charge in [0.15, 0.2) is 9.84 Å². The van der Waals surface area contributed by atoms with Crippen LogP contribution in [0.1, 0.15) is 38.5 Å². The van der Waals surface area contributed by atoms with Crippen molar-refractivity contribution < 1.29 is 23.1 Å². The van der Waals surface area contributed by atoms with Gasteiger partial charge in [-0.3, -0.25) is 9.59 Å². The minimum atomic E-state index is -2.97. The predicted molar refractivity (Wildman–Crippen MR) is 68.4 cm³/mol. The topological polar surface area (TPSA) is 101 Å². The number of carboxylic acids is 1. The summed E-state index contributed by atoms with van der Waals surface area (Å²) in [5, 5.41) is 11.7. The van der Waals surface area contributed by atoms with Gasteiger partial charge < -0.3 is 10.4 Å². The van der Waals surface area contributed by atoms with E-state index in [1.807, 2.05) is 0 Å². The van der Waals surface area contributed by atoms with Crippen LogP contribution in [-0.2, 0) is 19.4 Å². The lowest BCUT2D eigenvalue weighted by molar-refractivity contribution is -0.140. The molecular formula is C12H19NO5S. The lowest BCUT2D eigenvalue weighted by atomic mass is 9.74. The highest BCUT2D eigenvalue weighted by Crippen LogP contribution is 2.35. The summed E-state index contributed by atoms with van der Waals surface area (Å²) in [5.74, 6) is -1.02. The predicted octanol–water partition coefficient (Wildman–Crippen LogP) is 0.325. The maximum atomic E-state index is 11.9. The standard InChI is InChI=1S/C12H19NO5S/c14-10(6-9-2-5-19(17,18)8-9)13-12(3-1-4-12)7-11(15)16/h9H,1-8H2,(H,13,14)(H,15,16). The third kappa shape index (κ3) is 3.68. The van der Waals surface area contributed by atoms with E-state index in [9.17, 15) is 18.0 Å². The SMILES string of the molecule is O=C(O)CC1(NC(=O)CC2CCS(=O)(=O)C2)CCC1. The molecule has 1 atom stereocenters. The number of aliphatic carboxylic acids is 1. The van der Waals surface area contributed by atoms with Crippen LogP contribution in [-0.4, -0.2) is 42.4 Å². The summed E-state index contributed by atoms with van der Waals surface area (Å²) < 4.78 is 22.6. The summed E-state index contributed by atoms with van der Waals surface area (Å²) in [6.45, 7) is 0. The third-order valence-electron chi connectivity index (χ3n) is 4.01. The molecule has 0 radical (unpaired) electrons. The molecule has 1 saturated heterocycles. The first-order chi connectivity index (χ1) is 8.80. The number of hydrogen-bond acceptors (Lipinski definition) is 4. The molecule has 0 bridgehead atoms. The zero-order valence-corrected chi connectivity index (χ0v) is 11.5. The van der Waals surface area contributed by atoms with E-state index in [0.29, 0.717) is 19.3 Å². The molecule has 1 amide bonds. The second kappa shape index (κ2) is 5.11. The molecule has 0 aromatic rings. The number of carbonyl (C=O) groups is 2. The van der Waals surface area contributed by atoms with Gasteiger partial charge in [-0.05, 0) is 31.6 Å². The summed E-state index contributed by atoms with van der Waals surface area (Å²) >= 11 is 0. The smallest absolute Gasteiger partial charge is 0.305 e. The largest absolute Gasteiger partial charge is 0.481 e. The maximum absolute atomic E-state index is 11.9. The molecule has 0 spiro atoms. The molecule has 2 N–H and O–H groups in total. The van der Waals surface area contributed by atoms with E-state index in [4.69, 9.17) is 5.11 Å². The molecule has 19 heavy (non-hydrogen) atoms. The molecule has 2 aliphatic rings. The van der Waals surface area contributed by atoms with Crippen LogP contribution in [0, 0.1) is 5.92 Å². The van der Waals surface area contributed by atoms with E-state index in [2.05, 4.69) is 5.32 Å². The van der Waals surface area contributed by atoms with E-state index in [1.54, 1.807) is 0 Å². The first-order valence-electron chi connectivity index (χ1n) is 6.54. The number of amides is 1. The van der Waals surface area contributed by atoms with E-state index >= 15 is 0 Å². The van der Waals surface area contributed by atoms with E-state index < -0.39 is 21.3 Å². The van der Waals surface area contributed by atoms with E-state index in [-0.39, 0.29) is 36.2 Å². The summed E-state index contributed by atoms with van der Waals surface area (Å²) in [6.07, 6.45) is 2.96. The molecule has 1 aliphatic carbocycles. The fourth-order valence-electron chi connectivity index (χ4n) is 2.88. The summed E-state index contributed by atoms with van der Waals surface area (Å²) in [4.78, 5) is 22.7. The van der Waals surface area contributed by atoms with Gasteiger partial charge in [-0.25, -0.2) is 8.42 Å². The maximum Gasteiger partial charge on any atom is 0.305 e. The van der Waals surface area contributed by atoms with Crippen molar-refractivity contribution in [2.45, 2.75) is 44.1 Å². The Bertz CT molecular complexity index is 480. The second-order valence-corrected chi connectivity index (χ2v) is 7.95. The number of nitrogens with one attached hydrogen (secondary N) is 1. The Labute approximate surface area is 112 Å². The van der Waals surface area contributed by atoms with Crippen LogP contribution in [0.15, 0.2) is 0 Å². The minimum Gasteiger partial charge on any atom is -0.481 e. The fourth-order valence-corrected chi connectivity index (χ4v) is 4.74. The van der Waals surface area contributed by atoms with Crippen molar-refractivity contribution in [3.8, 4) is 0 Å². The highest BCUT2D eigenvalue weighted by atomic mass is 32.2. The van der Waals surface area contributed by atoms with Crippen LogP contribution in [0.25, 0.3) is 0 Å². The molecular weight excluding hydrogens is 270 g/mol. The van der Waals surface area contributed by atoms with Crippen LogP contribution in [0.3, 0.4) is 0 Å². The molecule has 1 aliphatic heterocycles. The summed E-state index contributed by atoms with van der Waals surface area (Å²) in [6, 6.07) is 0. The van der Waals surface area contributed by atoms with Gasteiger partial charge in [0.05, 0.1) is 23.5 Å². The van der Waals surface area contributed by atoms with Crippen LogP contribution < -0.4 is 5.32 Å². The van der Waals surface area contributed by atoms with Gasteiger partial charge >= 0.3 is 5.97 Å². The highest BCUT2D eigenvalue weighted by Gasteiger charge is 2.41. The molecule has 0 aromatic carbocycles. The quantitative estimate of drug-likeness (QED) is 0.759. The second-order valence-electron chi connectivity index (χ2n) is 5.73. The molecule has 108 valence electrons. The van der Waals surface area contributed by atoms with E-state index in [0.717, 1.165) is 6.42 Å². The lowest BCUT2D eigenvalue weighted by Gasteiger charge is -2.41. The van der Waals surface area contributed by atoms with Crippen molar-refractivity contribution >= 4 is 21.7 Å². The number of hydrogen-bond donors (Lipinski definition) is 2. The van der Waals surface area contributed by atoms with Gasteiger partial charge in [0, 0.05) is 6.42 Å². The third-order valence-corrected chi connectivity index (χ3v) is 5.84. The Morgan fingerprint density at radius 3 is 2.42 bits per heavy atom. The Balaban J connectivity index is 1.85. The Morgan fingerprint density at radius 1 is 1.32 bits per heavy atom. The number of sulfone groups is 1. The molecule has 1 unspecified atom stereocenters. The molecule has 0 aromatic heterocycles. The first-order valence-corrected chi connectivity index (χ1v) is 8.36. The van der Waals surface area contributed by atoms with Gasteiger partial charge in [-0.2, -0.15) is 0 Å². The van der Waals surface area contributed by atoms with Crippen LogP contribution in [0.2, 0.25) is 0 Å². The summed E-state index contributed by atoms with van der Waals surface area (Å²) in [7, 11) is -2.97. The average Bonchev–Trinajstić information content (AvgIpc) is 2.53. The molecule has 2 rings (SSSR count). The van der Waals surface area contributed by atoms with Gasteiger partial charge in [0.25, 0.3) is 0 Å². The first kappa shape index (κ1) is 14.3. The van der Waals surface area contributed by atoms with Crippen molar-refractivity contribution in [3.63, 3.8) is 0 Å².